The van der Waals surface area contributed by atoms with Crippen LogP contribution in [0.2, 0.25) is 0 Å². The first kappa shape index (κ1) is 21.3. The summed E-state index contributed by atoms with van der Waals surface area (Å²) in [6.07, 6.45) is 0.981. The van der Waals surface area contributed by atoms with E-state index in [-0.39, 0.29) is 5.63 Å². The Kier molecular flexibility index (Phi) is 6.88. The van der Waals surface area contributed by atoms with E-state index in [0.717, 1.165) is 29.5 Å². The van der Waals surface area contributed by atoms with Crippen LogP contribution in [0.3, 0.4) is 0 Å². The topological polar surface area (TPSA) is 45.5 Å². The third-order valence-corrected chi connectivity index (χ3v) is 5.58. The van der Waals surface area contributed by atoms with Crippen molar-refractivity contribution in [2.45, 2.75) is 45.7 Å². The molecule has 1 heterocycles. The van der Waals surface area contributed by atoms with E-state index < -0.39 is 0 Å². The molecule has 2 aromatic carbocycles. The number of fused-ring (bicyclic) bond motifs is 1. The lowest BCUT2D eigenvalue weighted by atomic mass is 9.95. The van der Waals surface area contributed by atoms with Crippen molar-refractivity contribution in [3.63, 3.8) is 0 Å². The summed E-state index contributed by atoms with van der Waals surface area (Å²) in [5.41, 5.74) is 5.16. The van der Waals surface area contributed by atoms with Crippen LogP contribution < -0.4 is 10.9 Å². The van der Waals surface area contributed by atoms with E-state index in [9.17, 15) is 4.79 Å². The Balaban J connectivity index is 1.78. The Bertz CT molecular complexity index is 1010. The summed E-state index contributed by atoms with van der Waals surface area (Å²) in [4.78, 5) is 14.3. The van der Waals surface area contributed by atoms with E-state index in [1.54, 1.807) is 6.07 Å². The smallest absolute Gasteiger partial charge is 0.336 e. The highest BCUT2D eigenvalue weighted by Crippen LogP contribution is 2.26. The summed E-state index contributed by atoms with van der Waals surface area (Å²) >= 11 is 0. The van der Waals surface area contributed by atoms with Gasteiger partial charge < -0.3 is 14.6 Å². The second kappa shape index (κ2) is 9.38. The van der Waals surface area contributed by atoms with Crippen LogP contribution in [0.4, 0.5) is 0 Å². The number of hydrogen-bond donors (Lipinski definition) is 1. The average molecular weight is 393 g/mol. The van der Waals surface area contributed by atoms with E-state index in [1.807, 2.05) is 12.1 Å². The van der Waals surface area contributed by atoms with Gasteiger partial charge in [0.2, 0.25) is 0 Å². The van der Waals surface area contributed by atoms with E-state index in [1.165, 1.54) is 11.1 Å². The molecule has 3 aromatic rings. The van der Waals surface area contributed by atoms with Crippen LogP contribution in [0.1, 0.15) is 42.0 Å². The molecule has 1 aromatic heterocycles. The maximum atomic E-state index is 12.1. The molecule has 0 fully saturated rings. The predicted molar refractivity (Wildman–Crippen MR) is 121 cm³/mol. The van der Waals surface area contributed by atoms with Crippen molar-refractivity contribution < 1.29 is 4.42 Å². The van der Waals surface area contributed by atoms with Gasteiger partial charge in [-0.15, -0.1) is 0 Å². The Hall–Kier alpha value is -2.43. The Morgan fingerprint density at radius 1 is 1.07 bits per heavy atom. The lowest BCUT2D eigenvalue weighted by Crippen LogP contribution is -2.39. The van der Waals surface area contributed by atoms with Gasteiger partial charge in [-0.3, -0.25) is 0 Å². The fourth-order valence-electron chi connectivity index (χ4n) is 3.86. The Morgan fingerprint density at radius 2 is 1.79 bits per heavy atom. The first-order chi connectivity index (χ1) is 13.8. The molecule has 4 heteroatoms. The molecule has 1 atom stereocenters. The molecule has 29 heavy (non-hydrogen) atoms. The number of likely N-dealkylation sites (N-methyl/N-ethyl adjacent to an activating group) is 1. The number of benzene rings is 2. The number of nitrogens with zero attached hydrogens (tertiary/aromatic N) is 1. The second-order valence-corrected chi connectivity index (χ2v) is 8.39. The molecule has 154 valence electrons. The van der Waals surface area contributed by atoms with Crippen LogP contribution in [-0.2, 0) is 13.0 Å². The molecule has 1 N–H and O–H groups in total. The minimum Gasteiger partial charge on any atom is -0.423 e. The van der Waals surface area contributed by atoms with Gasteiger partial charge in [0.1, 0.15) is 5.58 Å². The molecule has 0 spiro atoms. The third-order valence-electron chi connectivity index (χ3n) is 5.58. The summed E-state index contributed by atoms with van der Waals surface area (Å²) in [5, 5.41) is 4.59. The van der Waals surface area contributed by atoms with Crippen molar-refractivity contribution in [1.29, 1.82) is 0 Å². The first-order valence-corrected chi connectivity index (χ1v) is 10.3. The van der Waals surface area contributed by atoms with Gasteiger partial charge in [-0.1, -0.05) is 44.2 Å². The lowest BCUT2D eigenvalue weighted by Gasteiger charge is -2.25. The molecule has 0 unspecified atom stereocenters. The number of rotatable bonds is 8. The average Bonchev–Trinajstić information content (AvgIpc) is 2.66. The third kappa shape index (κ3) is 5.34. The van der Waals surface area contributed by atoms with Crippen LogP contribution in [0, 0.1) is 6.92 Å². The summed E-state index contributed by atoms with van der Waals surface area (Å²) < 4.78 is 5.47. The number of hydrogen-bond acceptors (Lipinski definition) is 4. The van der Waals surface area contributed by atoms with E-state index in [0.29, 0.717) is 24.1 Å². The molecule has 0 bridgehead atoms. The summed E-state index contributed by atoms with van der Waals surface area (Å²) in [6, 6.07) is 16.7. The highest BCUT2D eigenvalue weighted by atomic mass is 16.4. The molecule has 0 saturated carbocycles. The zero-order valence-corrected chi connectivity index (χ0v) is 18.2. The fourth-order valence-corrected chi connectivity index (χ4v) is 3.86. The molecular formula is C25H32N2O2. The SMILES string of the molecule is Cc1cc2oc(=O)cc(CNC[C@H](Cc3ccccc3)N(C)C)c2cc1C(C)C. The summed E-state index contributed by atoms with van der Waals surface area (Å²) in [5.74, 6) is 0.427. The zero-order chi connectivity index (χ0) is 21.0. The monoisotopic (exact) mass is 392 g/mol. The van der Waals surface area contributed by atoms with Gasteiger partial charge in [-0.25, -0.2) is 4.79 Å². The molecule has 3 rings (SSSR count). The lowest BCUT2D eigenvalue weighted by molar-refractivity contribution is 0.281. The molecule has 0 saturated heterocycles. The molecule has 0 amide bonds. The van der Waals surface area contributed by atoms with Crippen molar-refractivity contribution in [3.8, 4) is 0 Å². The fraction of sp³-hybridized carbons (Fsp3) is 0.400. The van der Waals surface area contributed by atoms with Crippen molar-refractivity contribution in [3.05, 3.63) is 81.2 Å². The second-order valence-electron chi connectivity index (χ2n) is 8.39. The largest absolute Gasteiger partial charge is 0.423 e. The predicted octanol–water partition coefficient (Wildman–Crippen LogP) is 4.49. The Morgan fingerprint density at radius 3 is 2.45 bits per heavy atom. The summed E-state index contributed by atoms with van der Waals surface area (Å²) in [7, 11) is 4.22. The van der Waals surface area contributed by atoms with Crippen molar-refractivity contribution in [1.82, 2.24) is 10.2 Å². The minimum absolute atomic E-state index is 0.292. The van der Waals surface area contributed by atoms with Gasteiger partial charge in [-0.2, -0.15) is 0 Å². The van der Waals surface area contributed by atoms with Gasteiger partial charge in [0.15, 0.2) is 0 Å². The van der Waals surface area contributed by atoms with Crippen molar-refractivity contribution in [2.24, 2.45) is 0 Å². The quantitative estimate of drug-likeness (QED) is 0.574. The molecule has 0 aliphatic heterocycles. The number of aryl methyl sites for hydroxylation is 1. The van der Waals surface area contributed by atoms with Crippen LogP contribution in [-0.4, -0.2) is 31.6 Å². The van der Waals surface area contributed by atoms with Crippen LogP contribution in [0.15, 0.2) is 57.7 Å². The van der Waals surface area contributed by atoms with E-state index in [4.69, 9.17) is 4.42 Å². The molecule has 4 nitrogen and oxygen atoms in total. The van der Waals surface area contributed by atoms with Crippen molar-refractivity contribution in [2.75, 3.05) is 20.6 Å². The maximum absolute atomic E-state index is 12.1. The van der Waals surface area contributed by atoms with Gasteiger partial charge in [0.25, 0.3) is 0 Å². The van der Waals surface area contributed by atoms with E-state index in [2.05, 4.69) is 75.4 Å². The standard InChI is InChI=1S/C25H32N2O2/c1-17(2)22-14-23-20(13-25(28)29-24(23)11-18(22)3)15-26-16-21(27(4)5)12-19-9-7-6-8-10-19/h6-11,13-14,17,21,26H,12,15-16H2,1-5H3/t21-/m0/s1. The highest BCUT2D eigenvalue weighted by Gasteiger charge is 2.14. The van der Waals surface area contributed by atoms with Gasteiger partial charge in [0.05, 0.1) is 0 Å². The first-order valence-electron chi connectivity index (χ1n) is 10.3. The normalized spacial score (nSPS) is 12.8. The van der Waals surface area contributed by atoms with Gasteiger partial charge in [0, 0.05) is 30.6 Å². The van der Waals surface area contributed by atoms with Gasteiger partial charge >= 0.3 is 5.63 Å². The van der Waals surface area contributed by atoms with Crippen LogP contribution in [0.25, 0.3) is 11.0 Å². The van der Waals surface area contributed by atoms with Gasteiger partial charge in [-0.05, 0) is 67.7 Å². The maximum Gasteiger partial charge on any atom is 0.336 e. The summed E-state index contributed by atoms with van der Waals surface area (Å²) in [6.45, 7) is 7.94. The minimum atomic E-state index is -0.292. The molecule has 0 radical (unpaired) electrons. The Labute approximate surface area is 173 Å². The van der Waals surface area contributed by atoms with Crippen LogP contribution in [0.5, 0.6) is 0 Å². The number of nitrogens with one attached hydrogen (secondary N) is 1. The van der Waals surface area contributed by atoms with Crippen LogP contribution >= 0.6 is 0 Å². The zero-order valence-electron chi connectivity index (χ0n) is 18.2. The molecule has 0 aliphatic carbocycles. The molecular weight excluding hydrogens is 360 g/mol. The highest BCUT2D eigenvalue weighted by molar-refractivity contribution is 5.82. The van der Waals surface area contributed by atoms with E-state index >= 15 is 0 Å². The van der Waals surface area contributed by atoms with Crippen molar-refractivity contribution >= 4 is 11.0 Å². The molecule has 0 aliphatic rings.